The monoisotopic (exact) mass is 476 g/mol. The third kappa shape index (κ3) is 2.67. The average Bonchev–Trinajstić information content (AvgIpc) is 3.15. The minimum absolute atomic E-state index is 0.0355. The third-order valence-corrected chi connectivity index (χ3v) is 9.37. The molecule has 0 unspecified atom stereocenters. The molecular weight excluding hydrogens is 452 g/mol. The molecule has 170 valence electrons. The normalized spacial score (nSPS) is 14.5. The van der Waals surface area contributed by atoms with Gasteiger partial charge in [-0.25, -0.2) is 0 Å². The van der Waals surface area contributed by atoms with E-state index in [1.807, 2.05) is 11.8 Å². The number of fused-ring (bicyclic) bond motifs is 7. The van der Waals surface area contributed by atoms with E-state index in [-0.39, 0.29) is 5.41 Å². The van der Waals surface area contributed by atoms with E-state index in [0.29, 0.717) is 0 Å². The summed E-state index contributed by atoms with van der Waals surface area (Å²) in [7, 11) is 0. The van der Waals surface area contributed by atoms with Crippen molar-refractivity contribution in [3.05, 3.63) is 120 Å². The van der Waals surface area contributed by atoms with Crippen molar-refractivity contribution in [2.24, 2.45) is 0 Å². The first-order valence-corrected chi connectivity index (χ1v) is 13.4. The van der Waals surface area contributed by atoms with E-state index in [1.165, 1.54) is 75.8 Å². The molecule has 0 radical (unpaired) electrons. The second kappa shape index (κ2) is 7.12. The van der Waals surface area contributed by atoms with E-state index in [1.54, 1.807) is 0 Å². The molecule has 0 saturated carbocycles. The minimum atomic E-state index is -0.0355. The van der Waals surface area contributed by atoms with Crippen LogP contribution < -0.4 is 0 Å². The topological polar surface area (TPSA) is 0 Å². The van der Waals surface area contributed by atoms with Crippen molar-refractivity contribution in [3.8, 4) is 33.4 Å². The number of hydrogen-bond acceptors (Lipinski definition) is 1. The molecule has 1 aliphatic heterocycles. The van der Waals surface area contributed by atoms with Gasteiger partial charge >= 0.3 is 0 Å². The van der Waals surface area contributed by atoms with Crippen LogP contribution in [0.1, 0.15) is 25.0 Å². The van der Waals surface area contributed by atoms with Gasteiger partial charge in [-0.2, -0.15) is 0 Å². The van der Waals surface area contributed by atoms with Crippen molar-refractivity contribution in [3.63, 3.8) is 0 Å². The summed E-state index contributed by atoms with van der Waals surface area (Å²) in [5, 5.41) is 5.36. The molecule has 6 aromatic rings. The molecule has 36 heavy (non-hydrogen) atoms. The molecule has 6 aromatic carbocycles. The van der Waals surface area contributed by atoms with E-state index in [9.17, 15) is 0 Å². The number of rotatable bonds is 1. The quantitative estimate of drug-likeness (QED) is 0.227. The van der Waals surface area contributed by atoms with Crippen molar-refractivity contribution >= 4 is 33.3 Å². The first kappa shape index (κ1) is 20.4. The molecule has 0 saturated heterocycles. The van der Waals surface area contributed by atoms with E-state index in [2.05, 4.69) is 123 Å². The molecule has 0 nitrogen and oxygen atoms in total. The molecule has 0 N–H and O–H groups in total. The molecule has 8 rings (SSSR count). The Morgan fingerprint density at radius 2 is 1.33 bits per heavy atom. The lowest BCUT2D eigenvalue weighted by atomic mass is 9.81. The Hall–Kier alpha value is -3.81. The van der Waals surface area contributed by atoms with Crippen LogP contribution in [0.2, 0.25) is 0 Å². The van der Waals surface area contributed by atoms with Gasteiger partial charge in [0.15, 0.2) is 0 Å². The maximum Gasteiger partial charge on any atom is 0.0207 e. The van der Waals surface area contributed by atoms with Crippen molar-refractivity contribution < 1.29 is 0 Å². The summed E-state index contributed by atoms with van der Waals surface area (Å²) >= 11 is 1.89. The zero-order chi connectivity index (χ0) is 24.0. The van der Waals surface area contributed by atoms with Gasteiger partial charge in [0.05, 0.1) is 0 Å². The summed E-state index contributed by atoms with van der Waals surface area (Å²) in [5.41, 5.74) is 10.9. The highest BCUT2D eigenvalue weighted by Crippen LogP contribution is 2.53. The van der Waals surface area contributed by atoms with Gasteiger partial charge in [0.1, 0.15) is 0 Å². The van der Waals surface area contributed by atoms with Crippen molar-refractivity contribution in [2.75, 3.05) is 0 Å². The lowest BCUT2D eigenvalue weighted by molar-refractivity contribution is 0.661. The van der Waals surface area contributed by atoms with Gasteiger partial charge in [-0.15, -0.1) is 0 Å². The van der Waals surface area contributed by atoms with E-state index in [0.717, 1.165) is 0 Å². The van der Waals surface area contributed by atoms with Gasteiger partial charge < -0.3 is 0 Å². The Morgan fingerprint density at radius 1 is 0.528 bits per heavy atom. The van der Waals surface area contributed by atoms with Gasteiger partial charge in [0.2, 0.25) is 0 Å². The van der Waals surface area contributed by atoms with Crippen LogP contribution in [-0.4, -0.2) is 0 Å². The molecular formula is C35H24S. The van der Waals surface area contributed by atoms with Crippen molar-refractivity contribution in [1.29, 1.82) is 0 Å². The molecule has 0 bridgehead atoms. The Balaban J connectivity index is 1.37. The summed E-state index contributed by atoms with van der Waals surface area (Å²) in [6.45, 7) is 4.75. The van der Waals surface area contributed by atoms with E-state index < -0.39 is 0 Å². The minimum Gasteiger partial charge on any atom is -0.0888 e. The second-order valence-corrected chi connectivity index (χ2v) is 11.7. The van der Waals surface area contributed by atoms with Crippen LogP contribution in [0.3, 0.4) is 0 Å². The predicted molar refractivity (Wildman–Crippen MR) is 154 cm³/mol. The van der Waals surface area contributed by atoms with E-state index in [4.69, 9.17) is 0 Å². The van der Waals surface area contributed by atoms with Crippen molar-refractivity contribution in [1.82, 2.24) is 0 Å². The number of benzene rings is 6. The third-order valence-electron chi connectivity index (χ3n) is 8.23. The first-order valence-electron chi connectivity index (χ1n) is 12.6. The second-order valence-electron chi connectivity index (χ2n) is 10.6. The molecule has 0 fully saturated rings. The Labute approximate surface area is 215 Å². The van der Waals surface area contributed by atoms with Gasteiger partial charge in [-0.3, -0.25) is 0 Å². The summed E-state index contributed by atoms with van der Waals surface area (Å²) in [6, 6.07) is 40.9. The molecule has 0 aromatic heterocycles. The molecule has 1 heteroatoms. The maximum atomic E-state index is 2.45. The van der Waals surface area contributed by atoms with Gasteiger partial charge in [0.25, 0.3) is 0 Å². The molecule has 0 spiro atoms. The zero-order valence-corrected chi connectivity index (χ0v) is 21.1. The molecule has 0 amide bonds. The van der Waals surface area contributed by atoms with Gasteiger partial charge in [-0.1, -0.05) is 104 Å². The fourth-order valence-corrected chi connectivity index (χ4v) is 7.59. The highest BCUT2D eigenvalue weighted by atomic mass is 32.2. The average molecular weight is 477 g/mol. The lowest BCUT2D eigenvalue weighted by Crippen LogP contribution is -2.15. The summed E-state index contributed by atoms with van der Waals surface area (Å²) in [4.78, 5) is 2.69. The standard InChI is InChI=1S/C35H24S/c1-35(2)29-17-15-21-8-3-4-10-25(21)34(29)27-16-14-22(20-30(27)35)24-18-23-9-7-13-32-33(23)28(19-24)26-11-5-6-12-31(26)36-32/h3-20H,1-2H3. The van der Waals surface area contributed by atoms with Crippen LogP contribution >= 0.6 is 11.8 Å². The fourth-order valence-electron chi connectivity index (χ4n) is 6.44. The van der Waals surface area contributed by atoms with Crippen LogP contribution in [0.5, 0.6) is 0 Å². The Kier molecular flexibility index (Phi) is 4.03. The lowest BCUT2D eigenvalue weighted by Gasteiger charge is -2.23. The van der Waals surface area contributed by atoms with Crippen LogP contribution in [0.15, 0.2) is 119 Å². The Bertz CT molecular complexity index is 1890. The van der Waals surface area contributed by atoms with Crippen LogP contribution in [0.25, 0.3) is 54.9 Å². The van der Waals surface area contributed by atoms with Gasteiger partial charge in [0, 0.05) is 20.6 Å². The van der Waals surface area contributed by atoms with Crippen LogP contribution in [-0.2, 0) is 5.41 Å². The van der Waals surface area contributed by atoms with Crippen molar-refractivity contribution in [2.45, 2.75) is 29.1 Å². The molecule has 1 heterocycles. The summed E-state index contributed by atoms with van der Waals surface area (Å²) in [5.74, 6) is 0. The zero-order valence-electron chi connectivity index (χ0n) is 20.3. The smallest absolute Gasteiger partial charge is 0.0207 e. The predicted octanol–water partition coefficient (Wildman–Crippen LogP) is 10.1. The maximum absolute atomic E-state index is 2.45. The highest BCUT2D eigenvalue weighted by Gasteiger charge is 2.36. The highest BCUT2D eigenvalue weighted by molar-refractivity contribution is 7.99. The summed E-state index contributed by atoms with van der Waals surface area (Å²) < 4.78 is 0. The fraction of sp³-hybridized carbons (Fsp3) is 0.0857. The van der Waals surface area contributed by atoms with E-state index >= 15 is 0 Å². The number of hydrogen-bond donors (Lipinski definition) is 0. The van der Waals surface area contributed by atoms with Crippen LogP contribution in [0.4, 0.5) is 0 Å². The SMILES string of the molecule is CC1(C)c2cc(-c3cc4c5c(cccc5c3)Sc3ccccc3-4)ccc2-c2c1ccc1ccccc21. The van der Waals surface area contributed by atoms with Crippen LogP contribution in [0, 0.1) is 0 Å². The molecule has 0 atom stereocenters. The Morgan fingerprint density at radius 3 is 2.28 bits per heavy atom. The molecule has 2 aliphatic rings. The van der Waals surface area contributed by atoms with Gasteiger partial charge in [-0.05, 0) is 91.0 Å². The molecule has 1 aliphatic carbocycles. The first-order chi connectivity index (χ1) is 17.6. The largest absolute Gasteiger partial charge is 0.0888 e. The summed E-state index contributed by atoms with van der Waals surface area (Å²) in [6.07, 6.45) is 0.